The first-order valence-electron chi connectivity index (χ1n) is 14.9. The summed E-state index contributed by atoms with van der Waals surface area (Å²) in [6, 6.07) is 29.8. The number of hydrogen-bond donors (Lipinski definition) is 3. The molecule has 1 aliphatic heterocycles. The number of benzene rings is 5. The van der Waals surface area contributed by atoms with E-state index in [1.807, 2.05) is 42.5 Å². The highest BCUT2D eigenvalue weighted by atomic mass is 32.2. The molecule has 0 unspecified atom stereocenters. The molecule has 6 rings (SSSR count). The number of nitrogens with zero attached hydrogens (tertiary/aromatic N) is 1. The lowest BCUT2D eigenvalue weighted by Gasteiger charge is -2.22. The van der Waals surface area contributed by atoms with Crippen molar-refractivity contribution in [1.29, 1.82) is 0 Å². The van der Waals surface area contributed by atoms with Gasteiger partial charge in [-0.25, -0.2) is 0 Å². The van der Waals surface area contributed by atoms with Gasteiger partial charge in [-0.3, -0.25) is 13.9 Å². The van der Waals surface area contributed by atoms with Crippen LogP contribution in [-0.4, -0.2) is 41.9 Å². The third-order valence-corrected chi connectivity index (χ3v) is 9.92. The zero-order valence-corrected chi connectivity index (χ0v) is 27.1. The molecule has 12 heteroatoms. The largest absolute Gasteiger partial charge is 0.508 e. The van der Waals surface area contributed by atoms with Crippen LogP contribution in [0.25, 0.3) is 0 Å². The second kappa shape index (κ2) is 13.2. The van der Waals surface area contributed by atoms with Crippen molar-refractivity contribution in [2.24, 2.45) is 0 Å². The third-order valence-electron chi connectivity index (χ3n) is 8.19. The molecule has 0 fully saturated rings. The second-order valence-corrected chi connectivity index (χ2v) is 14.4. The van der Waals surface area contributed by atoms with Crippen molar-refractivity contribution in [3.8, 4) is 11.5 Å². The predicted molar refractivity (Wildman–Crippen MR) is 177 cm³/mol. The Bertz CT molecular complexity index is 2200. The molecule has 0 spiro atoms. The number of amides is 1. The maximum absolute atomic E-state index is 14.4. The van der Waals surface area contributed by atoms with Gasteiger partial charge in [0.1, 0.15) is 18.1 Å². The number of aromatic hydroxyl groups is 1. The van der Waals surface area contributed by atoms with Crippen LogP contribution in [-0.2, 0) is 52.8 Å². The van der Waals surface area contributed by atoms with Crippen molar-refractivity contribution < 1.29 is 40.6 Å². The van der Waals surface area contributed by atoms with Crippen molar-refractivity contribution in [3.63, 3.8) is 0 Å². The fourth-order valence-electron chi connectivity index (χ4n) is 5.79. The number of phenolic OH excluding ortho intramolecular Hbond substituents is 1. The van der Waals surface area contributed by atoms with E-state index < -0.39 is 20.2 Å². The van der Waals surface area contributed by atoms with Crippen molar-refractivity contribution in [2.75, 3.05) is 0 Å². The van der Waals surface area contributed by atoms with Crippen LogP contribution in [0.2, 0.25) is 0 Å². The minimum absolute atomic E-state index is 0.109. The average Bonchev–Trinajstić information content (AvgIpc) is 3.50. The molecule has 1 heterocycles. The maximum atomic E-state index is 14.4. The van der Waals surface area contributed by atoms with Crippen molar-refractivity contribution in [1.82, 2.24) is 4.90 Å². The Kier molecular flexibility index (Phi) is 9.08. The Morgan fingerprint density at radius 3 is 1.85 bits per heavy atom. The fourth-order valence-corrected chi connectivity index (χ4v) is 6.75. The molecule has 246 valence electrons. The van der Waals surface area contributed by atoms with Crippen LogP contribution in [0.1, 0.15) is 49.3 Å². The van der Waals surface area contributed by atoms with Crippen LogP contribution in [0.3, 0.4) is 0 Å². The topological polar surface area (TPSA) is 159 Å². The Morgan fingerprint density at radius 1 is 0.667 bits per heavy atom. The van der Waals surface area contributed by atoms with Gasteiger partial charge in [-0.1, -0.05) is 72.8 Å². The van der Waals surface area contributed by atoms with E-state index in [0.717, 1.165) is 22.3 Å². The molecule has 5 aromatic carbocycles. The molecule has 0 aliphatic carbocycles. The summed E-state index contributed by atoms with van der Waals surface area (Å²) >= 11 is 0. The molecular formula is C36H31NO9S2. The number of rotatable bonds is 10. The summed E-state index contributed by atoms with van der Waals surface area (Å²) in [7, 11) is -8.77. The third kappa shape index (κ3) is 7.42. The van der Waals surface area contributed by atoms with Crippen LogP contribution in [0.5, 0.6) is 11.5 Å². The zero-order valence-electron chi connectivity index (χ0n) is 25.5. The Labute approximate surface area is 278 Å². The first-order valence-corrected chi connectivity index (χ1v) is 17.8. The van der Waals surface area contributed by atoms with E-state index in [1.54, 1.807) is 47.4 Å². The Morgan fingerprint density at radius 2 is 1.27 bits per heavy atom. The summed E-state index contributed by atoms with van der Waals surface area (Å²) in [5.41, 5.74) is 5.45. The summed E-state index contributed by atoms with van der Waals surface area (Å²) in [5, 5.41) is 10.5. The van der Waals surface area contributed by atoms with E-state index in [0.29, 0.717) is 34.4 Å². The van der Waals surface area contributed by atoms with E-state index in [4.69, 9.17) is 4.74 Å². The lowest BCUT2D eigenvalue weighted by molar-refractivity contribution is 0.0745. The molecule has 1 aliphatic rings. The Balaban J connectivity index is 1.44. The first-order chi connectivity index (χ1) is 22.8. The molecule has 0 saturated carbocycles. The van der Waals surface area contributed by atoms with Crippen LogP contribution < -0.4 is 4.74 Å². The van der Waals surface area contributed by atoms with Gasteiger partial charge < -0.3 is 14.7 Å². The highest BCUT2D eigenvalue weighted by Gasteiger charge is 2.30. The van der Waals surface area contributed by atoms with Crippen molar-refractivity contribution >= 4 is 26.1 Å². The highest BCUT2D eigenvalue weighted by molar-refractivity contribution is 7.86. The summed E-state index contributed by atoms with van der Waals surface area (Å²) in [5.74, 6) is 0.112. The normalized spacial score (nSPS) is 12.9. The molecule has 3 N–H and O–H groups in total. The smallest absolute Gasteiger partial charge is 0.294 e. The standard InChI is InChI=1S/C36H31NO9S2/c38-33-8-4-7-28-21-37(22-32(28)33)36(39)35-29(18-25-11-15-31(16-12-25)48(43,44)45)19-27(17-24-9-13-30(14-10-24)47(40,41)42)20-34(35)46-23-26-5-2-1-3-6-26/h1-16,19-20,38H,17-18,21-23H2,(H,40,41,42)(H,43,44,45). The molecule has 48 heavy (non-hydrogen) atoms. The van der Waals surface area contributed by atoms with Gasteiger partial charge in [0.2, 0.25) is 0 Å². The number of fused-ring (bicyclic) bond motifs is 1. The minimum atomic E-state index is -4.40. The van der Waals surface area contributed by atoms with Crippen LogP contribution in [0.15, 0.2) is 119 Å². The van der Waals surface area contributed by atoms with Gasteiger partial charge in [0, 0.05) is 12.1 Å². The second-order valence-electron chi connectivity index (χ2n) is 11.6. The molecule has 0 saturated heterocycles. The molecule has 0 aromatic heterocycles. The van der Waals surface area contributed by atoms with Gasteiger partial charge in [0.05, 0.1) is 21.9 Å². The fraction of sp³-hybridized carbons (Fsp3) is 0.139. The Hall–Kier alpha value is -5.01. The van der Waals surface area contributed by atoms with E-state index in [1.165, 1.54) is 24.3 Å². The SMILES string of the molecule is O=C(c1c(Cc2ccc(S(=O)(=O)O)cc2)cc(Cc2ccc(S(=O)(=O)O)cc2)cc1OCc1ccccc1)N1Cc2cccc(O)c2C1. The lowest BCUT2D eigenvalue weighted by Crippen LogP contribution is -2.27. The highest BCUT2D eigenvalue weighted by Crippen LogP contribution is 2.35. The van der Waals surface area contributed by atoms with Crippen LogP contribution in [0, 0.1) is 0 Å². The number of hydrogen-bond acceptors (Lipinski definition) is 7. The summed E-state index contributed by atoms with van der Waals surface area (Å²) in [6.45, 7) is 0.644. The van der Waals surface area contributed by atoms with Gasteiger partial charge in [-0.2, -0.15) is 16.8 Å². The molecule has 0 atom stereocenters. The van der Waals surface area contributed by atoms with Gasteiger partial charge in [-0.05, 0) is 82.6 Å². The molecule has 0 bridgehead atoms. The zero-order chi connectivity index (χ0) is 34.1. The lowest BCUT2D eigenvalue weighted by atomic mass is 9.93. The van der Waals surface area contributed by atoms with E-state index in [2.05, 4.69) is 0 Å². The van der Waals surface area contributed by atoms with E-state index in [9.17, 15) is 35.8 Å². The first kappa shape index (κ1) is 32.9. The van der Waals surface area contributed by atoms with Crippen molar-refractivity contribution in [3.05, 3.63) is 154 Å². The summed E-state index contributed by atoms with van der Waals surface area (Å²) < 4.78 is 71.7. The molecular weight excluding hydrogens is 655 g/mol. The number of phenols is 1. The quantitative estimate of drug-likeness (QED) is 0.155. The van der Waals surface area contributed by atoms with Gasteiger partial charge in [0.25, 0.3) is 26.1 Å². The van der Waals surface area contributed by atoms with E-state index >= 15 is 0 Å². The molecule has 5 aromatic rings. The van der Waals surface area contributed by atoms with Crippen LogP contribution in [0.4, 0.5) is 0 Å². The molecule has 10 nitrogen and oxygen atoms in total. The van der Waals surface area contributed by atoms with Gasteiger partial charge in [0.15, 0.2) is 0 Å². The average molecular weight is 686 g/mol. The van der Waals surface area contributed by atoms with Gasteiger partial charge in [-0.15, -0.1) is 0 Å². The number of carbonyl (C=O) groups excluding carboxylic acids is 1. The van der Waals surface area contributed by atoms with Gasteiger partial charge >= 0.3 is 0 Å². The molecule has 1 amide bonds. The van der Waals surface area contributed by atoms with E-state index in [-0.39, 0.29) is 47.6 Å². The maximum Gasteiger partial charge on any atom is 0.294 e. The number of carbonyl (C=O) groups is 1. The van der Waals surface area contributed by atoms with Crippen molar-refractivity contribution in [2.45, 2.75) is 42.3 Å². The summed E-state index contributed by atoms with van der Waals surface area (Å²) in [4.78, 5) is 15.6. The number of ether oxygens (including phenoxy) is 1. The minimum Gasteiger partial charge on any atom is -0.508 e. The van der Waals surface area contributed by atoms with Crippen LogP contribution >= 0.6 is 0 Å². The molecule has 0 radical (unpaired) electrons. The predicted octanol–water partition coefficient (Wildman–Crippen LogP) is 5.80. The monoisotopic (exact) mass is 685 g/mol. The summed E-state index contributed by atoms with van der Waals surface area (Å²) in [6.07, 6.45) is 0.537.